The highest BCUT2D eigenvalue weighted by atomic mass is 127. The van der Waals surface area contributed by atoms with Crippen molar-refractivity contribution in [2.75, 3.05) is 7.05 Å². The number of halogens is 2. The van der Waals surface area contributed by atoms with Gasteiger partial charge in [-0.05, 0) is 40.8 Å². The van der Waals surface area contributed by atoms with E-state index in [9.17, 15) is 9.90 Å². The van der Waals surface area contributed by atoms with E-state index in [0.717, 1.165) is 8.04 Å². The Labute approximate surface area is 136 Å². The third-order valence-corrected chi connectivity index (χ3v) is 5.10. The smallest absolute Gasteiger partial charge is 0.265 e. The van der Waals surface area contributed by atoms with E-state index in [1.54, 1.807) is 25.3 Å². The maximum atomic E-state index is 11.9. The summed E-state index contributed by atoms with van der Waals surface area (Å²) < 4.78 is 2.10. The monoisotopic (exact) mass is 455 g/mol. The molecule has 1 aromatic rings. The highest BCUT2D eigenvalue weighted by molar-refractivity contribution is 14.1. The zero-order valence-electron chi connectivity index (χ0n) is 9.11. The highest BCUT2D eigenvalue weighted by Crippen LogP contribution is 2.35. The molecular weight excluding hydrogens is 449 g/mol. The molecule has 94 valence electrons. The van der Waals surface area contributed by atoms with E-state index in [0.29, 0.717) is 14.8 Å². The lowest BCUT2D eigenvalue weighted by molar-refractivity contribution is -0.121. The van der Waals surface area contributed by atoms with Crippen LogP contribution in [0.3, 0.4) is 0 Å². The maximum absolute atomic E-state index is 11.9. The van der Waals surface area contributed by atoms with Gasteiger partial charge in [-0.2, -0.15) is 0 Å². The Kier molecular flexibility index (Phi) is 4.35. The van der Waals surface area contributed by atoms with Gasteiger partial charge in [0, 0.05) is 17.1 Å². The number of benzene rings is 1. The Balaban J connectivity index is 2.46. The van der Waals surface area contributed by atoms with Crippen molar-refractivity contribution in [3.05, 3.63) is 30.6 Å². The number of hydrogen-bond acceptors (Lipinski definition) is 4. The summed E-state index contributed by atoms with van der Waals surface area (Å²) in [5.74, 6) is 0.0274. The summed E-state index contributed by atoms with van der Waals surface area (Å²) in [6.07, 6.45) is 1.66. The lowest BCUT2D eigenvalue weighted by Crippen LogP contribution is -2.22. The molecule has 1 amide bonds. The van der Waals surface area contributed by atoms with Crippen molar-refractivity contribution in [1.29, 1.82) is 0 Å². The molecule has 0 aliphatic carbocycles. The topological polar surface area (TPSA) is 40.5 Å². The first-order valence-corrected chi connectivity index (χ1v) is 7.89. The first-order valence-electron chi connectivity index (χ1n) is 4.79. The molecule has 0 unspecified atom stereocenters. The van der Waals surface area contributed by atoms with Gasteiger partial charge in [0.1, 0.15) is 10.1 Å². The molecule has 0 atom stereocenters. The molecule has 1 aromatic carbocycles. The summed E-state index contributed by atoms with van der Waals surface area (Å²) in [4.78, 5) is 13.8. The molecule has 0 bridgehead atoms. The number of likely N-dealkylation sites (N-methyl/N-ethyl adjacent to an activating group) is 1. The molecule has 3 nitrogen and oxygen atoms in total. The minimum Gasteiger partial charge on any atom is -0.506 e. The van der Waals surface area contributed by atoms with Crippen molar-refractivity contribution in [2.45, 2.75) is 0 Å². The number of nitrogens with zero attached hydrogens (tertiary/aromatic N) is 1. The summed E-state index contributed by atoms with van der Waals surface area (Å²) in [6, 6.07) is 3.57. The normalized spacial score (nSPS) is 17.9. The second-order valence-corrected chi connectivity index (χ2v) is 7.32. The van der Waals surface area contributed by atoms with E-state index in [-0.39, 0.29) is 11.7 Å². The number of rotatable bonds is 1. The molecule has 18 heavy (non-hydrogen) atoms. The van der Waals surface area contributed by atoms with Crippen LogP contribution in [-0.4, -0.2) is 27.3 Å². The Morgan fingerprint density at radius 3 is 2.78 bits per heavy atom. The van der Waals surface area contributed by atoms with Crippen LogP contribution in [0.1, 0.15) is 5.56 Å². The van der Waals surface area contributed by atoms with E-state index in [1.807, 2.05) is 22.6 Å². The predicted molar refractivity (Wildman–Crippen MR) is 89.5 cm³/mol. The Morgan fingerprint density at radius 1 is 1.56 bits per heavy atom. The fourth-order valence-corrected chi connectivity index (χ4v) is 4.10. The summed E-state index contributed by atoms with van der Waals surface area (Å²) in [5.41, 5.74) is 0.600. The molecule has 0 radical (unpaired) electrons. The van der Waals surface area contributed by atoms with Crippen LogP contribution in [0.5, 0.6) is 5.75 Å². The van der Waals surface area contributed by atoms with E-state index in [1.165, 1.54) is 16.7 Å². The van der Waals surface area contributed by atoms with Crippen LogP contribution in [0.15, 0.2) is 21.5 Å². The lowest BCUT2D eigenvalue weighted by Gasteiger charge is -2.05. The van der Waals surface area contributed by atoms with Crippen molar-refractivity contribution < 1.29 is 9.90 Å². The average molecular weight is 456 g/mol. The quantitative estimate of drug-likeness (QED) is 0.399. The Morgan fingerprint density at radius 2 is 2.22 bits per heavy atom. The Hall–Kier alpha value is -0.120. The molecule has 2 rings (SSSR count). The molecule has 1 aliphatic heterocycles. The molecule has 0 aromatic heterocycles. The molecule has 1 aliphatic rings. The summed E-state index contributed by atoms with van der Waals surface area (Å²) in [6.45, 7) is 0. The van der Waals surface area contributed by atoms with Crippen LogP contribution in [0.25, 0.3) is 6.08 Å². The molecule has 0 spiro atoms. The number of phenols is 1. The summed E-state index contributed by atoms with van der Waals surface area (Å²) in [5, 5.41) is 9.96. The number of hydrogen-bond donors (Lipinski definition) is 1. The van der Waals surface area contributed by atoms with Gasteiger partial charge in [-0.15, -0.1) is 0 Å². The molecule has 0 saturated carbocycles. The maximum Gasteiger partial charge on any atom is 0.265 e. The second-order valence-electron chi connectivity index (χ2n) is 3.57. The zero-order chi connectivity index (χ0) is 13.4. The first-order chi connectivity index (χ1) is 8.40. The second kappa shape index (κ2) is 5.48. The van der Waals surface area contributed by atoms with Gasteiger partial charge >= 0.3 is 0 Å². The number of carbonyl (C=O) groups is 1. The van der Waals surface area contributed by atoms with Crippen LogP contribution in [0.4, 0.5) is 0 Å². The van der Waals surface area contributed by atoms with Crippen LogP contribution >= 0.6 is 62.5 Å². The highest BCUT2D eigenvalue weighted by Gasteiger charge is 2.29. The fraction of sp³-hybridized carbons (Fsp3) is 0.0909. The predicted octanol–water partition coefficient (Wildman–Crippen LogP) is 3.59. The van der Waals surface area contributed by atoms with E-state index in [2.05, 4.69) is 15.9 Å². The lowest BCUT2D eigenvalue weighted by atomic mass is 10.2. The third-order valence-electron chi connectivity index (χ3n) is 2.33. The SMILES string of the molecule is CN1C(=O)C(=Cc2cc(Br)cc(I)c2O)SC1=S. The fourth-order valence-electron chi connectivity index (χ4n) is 1.38. The standard InChI is InChI=1S/C11H7BrINO2S2/c1-14-10(16)8(18-11(14)17)3-5-2-6(12)4-7(13)9(5)15/h2-4,15H,1H3. The van der Waals surface area contributed by atoms with Crippen LogP contribution in [-0.2, 0) is 4.79 Å². The summed E-state index contributed by atoms with van der Waals surface area (Å²) in [7, 11) is 1.64. The molecule has 1 N–H and O–H groups in total. The molecular formula is C11H7BrINO2S2. The van der Waals surface area contributed by atoms with Crippen molar-refractivity contribution in [2.24, 2.45) is 0 Å². The van der Waals surface area contributed by atoms with E-state index >= 15 is 0 Å². The van der Waals surface area contributed by atoms with Gasteiger partial charge in [0.05, 0.1) is 8.48 Å². The van der Waals surface area contributed by atoms with E-state index in [4.69, 9.17) is 12.2 Å². The van der Waals surface area contributed by atoms with Crippen molar-refractivity contribution >= 4 is 78.8 Å². The number of thiocarbonyl (C=S) groups is 1. The van der Waals surface area contributed by atoms with Crippen LogP contribution in [0, 0.1) is 3.57 Å². The molecule has 1 fully saturated rings. The molecule has 1 saturated heterocycles. The van der Waals surface area contributed by atoms with Gasteiger partial charge in [-0.3, -0.25) is 9.69 Å². The number of thioether (sulfide) groups is 1. The third kappa shape index (κ3) is 2.73. The number of aromatic hydroxyl groups is 1. The van der Waals surface area contributed by atoms with Crippen molar-refractivity contribution in [3.8, 4) is 5.75 Å². The minimum atomic E-state index is -0.139. The molecule has 7 heteroatoms. The van der Waals surface area contributed by atoms with Crippen LogP contribution in [0.2, 0.25) is 0 Å². The first kappa shape index (κ1) is 14.3. The largest absolute Gasteiger partial charge is 0.506 e. The van der Waals surface area contributed by atoms with Crippen molar-refractivity contribution in [1.82, 2.24) is 4.90 Å². The van der Waals surface area contributed by atoms with Gasteiger partial charge in [0.2, 0.25) is 0 Å². The zero-order valence-corrected chi connectivity index (χ0v) is 14.5. The van der Waals surface area contributed by atoms with Crippen LogP contribution < -0.4 is 0 Å². The summed E-state index contributed by atoms with van der Waals surface area (Å²) >= 11 is 11.7. The number of carbonyl (C=O) groups excluding carboxylic acids is 1. The van der Waals surface area contributed by atoms with Gasteiger partial charge < -0.3 is 5.11 Å². The number of phenolic OH excluding ortho intramolecular Hbond substituents is 1. The Bertz CT molecular complexity index is 589. The van der Waals surface area contributed by atoms with Gasteiger partial charge in [0.25, 0.3) is 5.91 Å². The minimum absolute atomic E-state index is 0.139. The van der Waals surface area contributed by atoms with Crippen molar-refractivity contribution in [3.63, 3.8) is 0 Å². The van der Waals surface area contributed by atoms with Gasteiger partial charge in [-0.25, -0.2) is 0 Å². The van der Waals surface area contributed by atoms with Gasteiger partial charge in [-0.1, -0.05) is 39.9 Å². The van der Waals surface area contributed by atoms with Gasteiger partial charge in [0.15, 0.2) is 0 Å². The van der Waals surface area contributed by atoms with E-state index < -0.39 is 0 Å². The molecule has 1 heterocycles. The average Bonchev–Trinajstić information content (AvgIpc) is 2.53. The number of amides is 1.